The van der Waals surface area contributed by atoms with Gasteiger partial charge >= 0.3 is 6.36 Å². The number of carbonyl (C=O) groups is 2. The molecule has 1 aromatic heterocycles. The lowest BCUT2D eigenvalue weighted by Gasteiger charge is -2.32. The summed E-state index contributed by atoms with van der Waals surface area (Å²) in [5.74, 6) is -0.712. The number of hydrogen-bond acceptors (Lipinski definition) is 6. The molecule has 0 bridgehead atoms. The van der Waals surface area contributed by atoms with Crippen LogP contribution in [-0.2, 0) is 4.79 Å². The summed E-state index contributed by atoms with van der Waals surface area (Å²) in [4.78, 5) is 30.7. The molecule has 2 aromatic carbocycles. The van der Waals surface area contributed by atoms with Gasteiger partial charge in [0, 0.05) is 42.6 Å². The van der Waals surface area contributed by atoms with Gasteiger partial charge in [-0.05, 0) is 48.8 Å². The van der Waals surface area contributed by atoms with Crippen molar-refractivity contribution in [3.63, 3.8) is 0 Å². The van der Waals surface area contributed by atoms with Gasteiger partial charge in [0.25, 0.3) is 5.91 Å². The summed E-state index contributed by atoms with van der Waals surface area (Å²) in [6.45, 7) is 2.79. The maximum Gasteiger partial charge on any atom is 0.573 e. The number of likely N-dealkylation sites (tertiary alicyclic amines) is 1. The molecule has 2 N–H and O–H groups in total. The first-order chi connectivity index (χ1) is 17.6. The Kier molecular flexibility index (Phi) is 8.08. The van der Waals surface area contributed by atoms with E-state index in [4.69, 9.17) is 12.2 Å². The lowest BCUT2D eigenvalue weighted by Crippen LogP contribution is -2.45. The second-order valence-corrected chi connectivity index (χ2v) is 9.67. The van der Waals surface area contributed by atoms with Crippen molar-refractivity contribution in [2.24, 2.45) is 0 Å². The second kappa shape index (κ2) is 11.3. The Bertz CT molecular complexity index is 1290. The third-order valence-corrected chi connectivity index (χ3v) is 7.11. The third-order valence-electron chi connectivity index (χ3n) is 5.74. The molecular formula is C25H23F3N4O3S2. The number of hydrogen-bond donors (Lipinski definition) is 2. The molecule has 1 saturated heterocycles. The molecule has 0 spiro atoms. The van der Waals surface area contributed by atoms with Crippen molar-refractivity contribution in [2.45, 2.75) is 32.0 Å². The van der Waals surface area contributed by atoms with E-state index in [0.29, 0.717) is 40.7 Å². The van der Waals surface area contributed by atoms with Crippen LogP contribution in [0.5, 0.6) is 5.75 Å². The van der Waals surface area contributed by atoms with Crippen LogP contribution in [0.1, 0.15) is 41.2 Å². The summed E-state index contributed by atoms with van der Waals surface area (Å²) in [6.07, 6.45) is -3.17. The smallest absolute Gasteiger partial charge is 0.406 e. The van der Waals surface area contributed by atoms with Crippen molar-refractivity contribution in [1.82, 2.24) is 15.2 Å². The van der Waals surface area contributed by atoms with Gasteiger partial charge in [-0.1, -0.05) is 30.3 Å². The van der Waals surface area contributed by atoms with Crippen LogP contribution in [0.3, 0.4) is 0 Å². The summed E-state index contributed by atoms with van der Waals surface area (Å²) >= 11 is 6.68. The molecule has 1 fully saturated rings. The van der Waals surface area contributed by atoms with Crippen LogP contribution in [0.15, 0.2) is 53.9 Å². The summed E-state index contributed by atoms with van der Waals surface area (Å²) in [7, 11) is 0. The van der Waals surface area contributed by atoms with Crippen LogP contribution in [0.25, 0.3) is 11.1 Å². The molecule has 0 radical (unpaired) electrons. The molecule has 1 aliphatic rings. The molecule has 2 amide bonds. The number of amides is 2. The molecular weight excluding hydrogens is 525 g/mol. The topological polar surface area (TPSA) is 83.6 Å². The molecule has 0 atom stereocenters. The summed E-state index contributed by atoms with van der Waals surface area (Å²) < 4.78 is 41.3. The number of thiazole rings is 1. The maximum atomic E-state index is 13.0. The number of ether oxygens (including phenoxy) is 1. The molecule has 4 rings (SSSR count). The first-order valence-corrected chi connectivity index (χ1v) is 12.7. The average molecular weight is 549 g/mol. The minimum atomic E-state index is -4.77. The average Bonchev–Trinajstić information content (AvgIpc) is 3.34. The highest BCUT2D eigenvalue weighted by Crippen LogP contribution is 2.33. The fraction of sp³-hybridized carbons (Fsp3) is 0.280. The van der Waals surface area contributed by atoms with Gasteiger partial charge in [0.05, 0.1) is 5.01 Å². The van der Waals surface area contributed by atoms with E-state index in [1.807, 2.05) is 4.90 Å². The van der Waals surface area contributed by atoms with E-state index in [1.165, 1.54) is 42.5 Å². The van der Waals surface area contributed by atoms with Gasteiger partial charge in [-0.2, -0.15) is 0 Å². The van der Waals surface area contributed by atoms with Crippen LogP contribution in [0, 0.1) is 0 Å². The maximum absolute atomic E-state index is 13.0. The number of para-hydroxylation sites is 1. The zero-order valence-corrected chi connectivity index (χ0v) is 21.3. The van der Waals surface area contributed by atoms with Crippen molar-refractivity contribution in [3.8, 4) is 16.9 Å². The molecule has 1 aliphatic heterocycles. The number of anilines is 1. The number of benzene rings is 2. The molecule has 12 heteroatoms. The molecule has 2 heterocycles. The quantitative estimate of drug-likeness (QED) is 0.406. The van der Waals surface area contributed by atoms with Crippen molar-refractivity contribution in [3.05, 3.63) is 64.6 Å². The number of carbonyl (C=O) groups excluding carboxylic acids is 2. The number of piperidine rings is 1. The third kappa shape index (κ3) is 7.04. The van der Waals surface area contributed by atoms with Crippen molar-refractivity contribution in [2.75, 3.05) is 18.4 Å². The monoisotopic (exact) mass is 548 g/mol. The van der Waals surface area contributed by atoms with Gasteiger partial charge in [0.1, 0.15) is 11.4 Å². The number of nitrogens with one attached hydrogen (secondary N) is 2. The van der Waals surface area contributed by atoms with Gasteiger partial charge in [0.15, 0.2) is 5.11 Å². The highest BCUT2D eigenvalue weighted by molar-refractivity contribution is 7.80. The van der Waals surface area contributed by atoms with Gasteiger partial charge < -0.3 is 20.3 Å². The zero-order chi connectivity index (χ0) is 26.6. The number of aromatic nitrogens is 1. The standard InChI is InChI=1S/C25H23F3N4O3S2/c1-15(33)29-24(36)32-12-10-17(11-13-32)23-31-21(14-37-23)22(34)30-20-5-3-2-4-19(20)16-6-8-18(9-7-16)35-25(26,27)28/h2-9,14,17H,10-13H2,1H3,(H,30,34)(H,29,33,36). The van der Waals surface area contributed by atoms with E-state index in [2.05, 4.69) is 20.4 Å². The Morgan fingerprint density at radius 1 is 1.11 bits per heavy atom. The molecule has 0 saturated carbocycles. The fourth-order valence-electron chi connectivity index (χ4n) is 4.00. The molecule has 194 valence electrons. The van der Waals surface area contributed by atoms with Crippen LogP contribution < -0.4 is 15.4 Å². The lowest BCUT2D eigenvalue weighted by atomic mass is 9.98. The van der Waals surface area contributed by atoms with E-state index in [9.17, 15) is 22.8 Å². The van der Waals surface area contributed by atoms with E-state index in [0.717, 1.165) is 17.8 Å². The van der Waals surface area contributed by atoms with Gasteiger partial charge in [0.2, 0.25) is 5.91 Å². The van der Waals surface area contributed by atoms with Crippen LogP contribution in [0.2, 0.25) is 0 Å². The minimum absolute atomic E-state index is 0.188. The Labute approximate surface area is 220 Å². The predicted octanol–water partition coefficient (Wildman–Crippen LogP) is 5.56. The summed E-state index contributed by atoms with van der Waals surface area (Å²) in [6, 6.07) is 12.5. The van der Waals surface area contributed by atoms with E-state index >= 15 is 0 Å². The van der Waals surface area contributed by atoms with Gasteiger partial charge in [-0.25, -0.2) is 4.98 Å². The molecule has 3 aromatic rings. The van der Waals surface area contributed by atoms with Crippen LogP contribution in [0.4, 0.5) is 18.9 Å². The number of nitrogens with zero attached hydrogens (tertiary/aromatic N) is 2. The van der Waals surface area contributed by atoms with Crippen molar-refractivity contribution in [1.29, 1.82) is 0 Å². The summed E-state index contributed by atoms with van der Waals surface area (Å²) in [5.41, 5.74) is 2.06. The Balaban J connectivity index is 1.41. The zero-order valence-electron chi connectivity index (χ0n) is 19.7. The molecule has 7 nitrogen and oxygen atoms in total. The second-order valence-electron chi connectivity index (χ2n) is 8.39. The van der Waals surface area contributed by atoms with Crippen molar-refractivity contribution >= 4 is 46.2 Å². The number of thiocarbonyl (C=S) groups is 1. The first kappa shape index (κ1) is 26.6. The van der Waals surface area contributed by atoms with Crippen molar-refractivity contribution < 1.29 is 27.5 Å². The fourth-order valence-corrected chi connectivity index (χ4v) is 5.30. The molecule has 37 heavy (non-hydrogen) atoms. The van der Waals surface area contributed by atoms with Crippen LogP contribution >= 0.6 is 23.6 Å². The SMILES string of the molecule is CC(=O)NC(=S)N1CCC(c2nc(C(=O)Nc3ccccc3-c3ccc(OC(F)(F)F)cc3)cs2)CC1. The predicted molar refractivity (Wildman–Crippen MR) is 139 cm³/mol. The Morgan fingerprint density at radius 2 is 1.78 bits per heavy atom. The highest BCUT2D eigenvalue weighted by Gasteiger charge is 2.31. The van der Waals surface area contributed by atoms with Crippen LogP contribution in [-0.4, -0.2) is 46.3 Å². The largest absolute Gasteiger partial charge is 0.573 e. The lowest BCUT2D eigenvalue weighted by molar-refractivity contribution is -0.274. The van der Waals surface area contributed by atoms with E-state index in [-0.39, 0.29) is 23.5 Å². The van der Waals surface area contributed by atoms with Gasteiger partial charge in [-0.15, -0.1) is 24.5 Å². The minimum Gasteiger partial charge on any atom is -0.406 e. The highest BCUT2D eigenvalue weighted by atomic mass is 32.1. The molecule has 0 aliphatic carbocycles. The molecule has 0 unspecified atom stereocenters. The van der Waals surface area contributed by atoms with Gasteiger partial charge in [-0.3, -0.25) is 9.59 Å². The first-order valence-electron chi connectivity index (χ1n) is 11.4. The normalized spacial score (nSPS) is 14.2. The Hall–Kier alpha value is -3.51. The summed E-state index contributed by atoms with van der Waals surface area (Å²) in [5, 5.41) is 8.50. The number of halogens is 3. The number of rotatable bonds is 5. The Morgan fingerprint density at radius 3 is 2.43 bits per heavy atom. The number of alkyl halides is 3. The van der Waals surface area contributed by atoms with E-state index < -0.39 is 6.36 Å². The van der Waals surface area contributed by atoms with E-state index in [1.54, 1.807) is 29.6 Å².